The van der Waals surface area contributed by atoms with Crippen molar-refractivity contribution < 1.29 is 13.9 Å². The molecule has 1 aromatic carbocycles. The molecule has 0 aliphatic rings. The van der Waals surface area contributed by atoms with Gasteiger partial charge in [-0.2, -0.15) is 0 Å². The third-order valence-corrected chi connectivity index (χ3v) is 4.41. The summed E-state index contributed by atoms with van der Waals surface area (Å²) in [6.45, 7) is 0.0493. The van der Waals surface area contributed by atoms with Crippen LogP contribution in [0.15, 0.2) is 59.7 Å². The Kier molecular flexibility index (Phi) is 7.10. The van der Waals surface area contributed by atoms with Crippen LogP contribution in [0.1, 0.15) is 17.1 Å². The molecule has 1 amide bonds. The van der Waals surface area contributed by atoms with Gasteiger partial charge in [0.1, 0.15) is 11.5 Å². The topological polar surface area (TPSA) is 185 Å². The van der Waals surface area contributed by atoms with Crippen molar-refractivity contribution in [1.82, 2.24) is 15.0 Å². The van der Waals surface area contributed by atoms with Gasteiger partial charge < -0.3 is 21.9 Å². The second kappa shape index (κ2) is 10.2. The van der Waals surface area contributed by atoms with Gasteiger partial charge in [0, 0.05) is 11.8 Å². The fourth-order valence-corrected chi connectivity index (χ4v) is 2.78. The standard InChI is InChI=1S/C21H22FN9O2/c1-33-21(32)31(26)17-18(24)29-20(30-19(17)25)14(23)10-16(15-8-4-5-9-27-15)28-11-12-6-2-3-7-13(12)22/h2-10H,11,23,26H2,1H3,(H4,24,25,29,30). The fraction of sp³-hybridized carbons (Fsp3) is 0.0952. The summed E-state index contributed by atoms with van der Waals surface area (Å²) in [5.74, 6) is 4.87. The zero-order valence-corrected chi connectivity index (χ0v) is 17.6. The summed E-state index contributed by atoms with van der Waals surface area (Å²) in [6.07, 6.45) is 2.14. The third-order valence-electron chi connectivity index (χ3n) is 4.41. The van der Waals surface area contributed by atoms with Crippen LogP contribution in [0.25, 0.3) is 5.70 Å². The number of pyridine rings is 1. The molecule has 0 unspecified atom stereocenters. The number of hydrogen-bond acceptors (Lipinski definition) is 10. The summed E-state index contributed by atoms with van der Waals surface area (Å²) < 4.78 is 18.6. The maximum Gasteiger partial charge on any atom is 0.428 e. The number of nitrogens with zero attached hydrogens (tertiary/aromatic N) is 5. The van der Waals surface area contributed by atoms with E-state index < -0.39 is 6.09 Å². The number of hydrazine groups is 1. The number of methoxy groups -OCH3 is 1. The van der Waals surface area contributed by atoms with E-state index in [1.165, 1.54) is 12.1 Å². The van der Waals surface area contributed by atoms with Crippen molar-refractivity contribution in [3.63, 3.8) is 0 Å². The van der Waals surface area contributed by atoms with Crippen LogP contribution in [0.2, 0.25) is 0 Å². The van der Waals surface area contributed by atoms with Crippen LogP contribution >= 0.6 is 0 Å². The van der Waals surface area contributed by atoms with Gasteiger partial charge >= 0.3 is 6.09 Å². The molecule has 0 atom stereocenters. The maximum absolute atomic E-state index is 14.0. The van der Waals surface area contributed by atoms with Crippen molar-refractivity contribution >= 4 is 34.8 Å². The minimum atomic E-state index is -0.911. The molecule has 0 aliphatic carbocycles. The molecule has 0 radical (unpaired) electrons. The Morgan fingerprint density at radius 3 is 2.42 bits per heavy atom. The quantitative estimate of drug-likeness (QED) is 0.187. The second-order valence-corrected chi connectivity index (χ2v) is 6.61. The monoisotopic (exact) mass is 451 g/mol. The normalized spacial score (nSPS) is 11.8. The number of anilines is 3. The van der Waals surface area contributed by atoms with Crippen molar-refractivity contribution in [2.24, 2.45) is 16.6 Å². The first-order valence-electron chi connectivity index (χ1n) is 9.54. The number of carbonyl (C=O) groups is 1. The summed E-state index contributed by atoms with van der Waals surface area (Å²) in [5, 5.41) is 0.587. The molecule has 2 aromatic heterocycles. The molecular weight excluding hydrogens is 429 g/mol. The van der Waals surface area contributed by atoms with Gasteiger partial charge in [-0.3, -0.25) is 9.98 Å². The Bertz CT molecular complexity index is 1190. The van der Waals surface area contributed by atoms with Crippen molar-refractivity contribution in [3.05, 3.63) is 77.6 Å². The Labute approximate surface area is 188 Å². The van der Waals surface area contributed by atoms with Crippen molar-refractivity contribution in [1.29, 1.82) is 0 Å². The number of benzene rings is 1. The molecule has 33 heavy (non-hydrogen) atoms. The Morgan fingerprint density at radius 1 is 1.15 bits per heavy atom. The van der Waals surface area contributed by atoms with Crippen molar-refractivity contribution in [2.45, 2.75) is 6.54 Å². The number of hydrogen-bond donors (Lipinski definition) is 4. The fourth-order valence-electron chi connectivity index (χ4n) is 2.78. The molecule has 0 spiro atoms. The Morgan fingerprint density at radius 2 is 1.82 bits per heavy atom. The van der Waals surface area contributed by atoms with Gasteiger partial charge in [0.05, 0.1) is 30.8 Å². The number of aromatic nitrogens is 3. The molecule has 11 nitrogen and oxygen atoms in total. The molecule has 0 saturated heterocycles. The lowest BCUT2D eigenvalue weighted by Gasteiger charge is -2.18. The van der Waals surface area contributed by atoms with E-state index in [9.17, 15) is 9.18 Å². The number of allylic oxidation sites excluding steroid dienone is 1. The largest absolute Gasteiger partial charge is 0.452 e. The van der Waals surface area contributed by atoms with E-state index in [1.807, 2.05) is 0 Å². The van der Waals surface area contributed by atoms with Crippen molar-refractivity contribution in [2.75, 3.05) is 23.6 Å². The Balaban J connectivity index is 2.00. The first-order chi connectivity index (χ1) is 15.8. The van der Waals surface area contributed by atoms with E-state index in [0.717, 1.165) is 7.11 Å². The van der Waals surface area contributed by atoms with Crippen LogP contribution in [0.4, 0.5) is 26.5 Å². The molecule has 2 heterocycles. The summed E-state index contributed by atoms with van der Waals surface area (Å²) in [7, 11) is 1.14. The SMILES string of the molecule is COC(=O)N(N)c1c(N)nc(C(N)=CC(=NCc2ccccc2F)c2ccccn2)nc1N. The average Bonchev–Trinajstić information content (AvgIpc) is 2.81. The minimum absolute atomic E-state index is 0.0264. The van der Waals surface area contributed by atoms with Gasteiger partial charge in [0.2, 0.25) is 0 Å². The van der Waals surface area contributed by atoms with Crippen molar-refractivity contribution in [3.8, 4) is 0 Å². The van der Waals surface area contributed by atoms with E-state index in [-0.39, 0.29) is 41.2 Å². The lowest BCUT2D eigenvalue weighted by atomic mass is 10.1. The molecule has 3 aromatic rings. The third kappa shape index (κ3) is 5.37. The molecule has 170 valence electrons. The number of ether oxygens (including phenoxy) is 1. The van der Waals surface area contributed by atoms with Gasteiger partial charge in [-0.05, 0) is 24.3 Å². The van der Waals surface area contributed by atoms with E-state index in [2.05, 4.69) is 24.7 Å². The van der Waals surface area contributed by atoms with Crippen LogP contribution in [-0.4, -0.2) is 33.9 Å². The van der Waals surface area contributed by atoms with Gasteiger partial charge in [0.15, 0.2) is 17.5 Å². The van der Waals surface area contributed by atoms with E-state index in [0.29, 0.717) is 22.0 Å². The highest BCUT2D eigenvalue weighted by Crippen LogP contribution is 2.27. The average molecular weight is 451 g/mol. The van der Waals surface area contributed by atoms with Gasteiger partial charge in [-0.25, -0.2) is 30.0 Å². The number of rotatable bonds is 6. The zero-order valence-electron chi connectivity index (χ0n) is 17.6. The first kappa shape index (κ1) is 23.1. The van der Waals surface area contributed by atoms with Gasteiger partial charge in [-0.15, -0.1) is 0 Å². The van der Waals surface area contributed by atoms with Gasteiger partial charge in [0.25, 0.3) is 0 Å². The van der Waals surface area contributed by atoms with Crippen LogP contribution < -0.4 is 28.1 Å². The lowest BCUT2D eigenvalue weighted by Crippen LogP contribution is -2.39. The molecule has 0 saturated carbocycles. The number of amides is 1. The summed E-state index contributed by atoms with van der Waals surface area (Å²) in [5.41, 5.74) is 19.2. The number of nitrogens with two attached hydrogens (primary N) is 4. The van der Waals surface area contributed by atoms with E-state index in [4.69, 9.17) is 23.0 Å². The zero-order chi connectivity index (χ0) is 24.0. The molecule has 0 fully saturated rings. The number of carbonyl (C=O) groups excluding carboxylic acids is 1. The highest BCUT2D eigenvalue weighted by atomic mass is 19.1. The summed E-state index contributed by atoms with van der Waals surface area (Å²) in [4.78, 5) is 28.6. The molecule has 0 aliphatic heterocycles. The predicted molar refractivity (Wildman–Crippen MR) is 123 cm³/mol. The molecule has 12 heteroatoms. The van der Waals surface area contributed by atoms with E-state index >= 15 is 0 Å². The van der Waals surface area contributed by atoms with Gasteiger partial charge in [-0.1, -0.05) is 24.3 Å². The summed E-state index contributed by atoms with van der Waals surface area (Å²) in [6, 6.07) is 11.5. The number of halogens is 1. The van der Waals surface area contributed by atoms with E-state index in [1.54, 1.807) is 42.6 Å². The van der Waals surface area contributed by atoms with Crippen LogP contribution in [-0.2, 0) is 11.3 Å². The smallest absolute Gasteiger partial charge is 0.428 e. The highest BCUT2D eigenvalue weighted by molar-refractivity contribution is 6.10. The predicted octanol–water partition coefficient (Wildman–Crippen LogP) is 1.61. The molecule has 8 N–H and O–H groups in total. The number of aliphatic imine (C=N–C) groups is 1. The summed E-state index contributed by atoms with van der Waals surface area (Å²) >= 11 is 0. The van der Waals surface area contributed by atoms with Crippen LogP contribution in [0.3, 0.4) is 0 Å². The Hall–Kier alpha value is -4.58. The molecule has 3 rings (SSSR count). The minimum Gasteiger partial charge on any atom is -0.452 e. The lowest BCUT2D eigenvalue weighted by molar-refractivity contribution is 0.179. The molecule has 0 bridgehead atoms. The first-order valence-corrected chi connectivity index (χ1v) is 9.54. The number of nitrogen functional groups attached to an aromatic ring is 2. The van der Waals surface area contributed by atoms with Crippen LogP contribution in [0.5, 0.6) is 0 Å². The maximum atomic E-state index is 14.0. The van der Waals surface area contributed by atoms with Crippen LogP contribution in [0, 0.1) is 5.82 Å². The second-order valence-electron chi connectivity index (χ2n) is 6.61. The molecular formula is C21H22FN9O2. The highest BCUT2D eigenvalue weighted by Gasteiger charge is 2.21.